The Kier molecular flexibility index (Phi) is 4.00. The van der Waals surface area contributed by atoms with Gasteiger partial charge in [-0.3, -0.25) is 0 Å². The predicted octanol–water partition coefficient (Wildman–Crippen LogP) is 0.309. The van der Waals surface area contributed by atoms with Crippen LogP contribution in [0.3, 0.4) is 0 Å². The van der Waals surface area contributed by atoms with Gasteiger partial charge in [0, 0.05) is 19.1 Å². The van der Waals surface area contributed by atoms with E-state index >= 15 is 0 Å². The van der Waals surface area contributed by atoms with Gasteiger partial charge in [-0.2, -0.15) is 4.31 Å². The molecule has 108 valence electrons. The summed E-state index contributed by atoms with van der Waals surface area (Å²) in [7, 11) is 0.395. The molecule has 1 aliphatic heterocycles. The normalized spacial score (nSPS) is 25.3. The van der Waals surface area contributed by atoms with Gasteiger partial charge in [-0.25, -0.2) is 8.42 Å². The van der Waals surface area contributed by atoms with Crippen LogP contribution in [0.25, 0.3) is 0 Å². The molecule has 0 amide bonds. The molecular weight excluding hydrogens is 266 g/mol. The van der Waals surface area contributed by atoms with Crippen molar-refractivity contribution in [3.8, 4) is 0 Å². The lowest BCUT2D eigenvalue weighted by Crippen LogP contribution is -2.35. The predicted molar refractivity (Wildman–Crippen MR) is 72.0 cm³/mol. The Morgan fingerprint density at radius 1 is 1.42 bits per heavy atom. The van der Waals surface area contributed by atoms with Crippen LogP contribution in [0.1, 0.15) is 12.7 Å². The minimum Gasteiger partial charge on any atom is -0.447 e. The molecule has 0 aliphatic carbocycles. The van der Waals surface area contributed by atoms with Gasteiger partial charge in [0.05, 0.1) is 6.54 Å². The van der Waals surface area contributed by atoms with Crippen LogP contribution in [-0.2, 0) is 16.6 Å². The fourth-order valence-electron chi connectivity index (χ4n) is 2.51. The second kappa shape index (κ2) is 5.24. The summed E-state index contributed by atoms with van der Waals surface area (Å²) in [5, 5.41) is -0.0143. The van der Waals surface area contributed by atoms with Crippen molar-refractivity contribution in [1.29, 1.82) is 0 Å². The molecular formula is C12H21N3O3S. The lowest BCUT2D eigenvalue weighted by Gasteiger charge is -2.22. The summed E-state index contributed by atoms with van der Waals surface area (Å²) >= 11 is 0. The van der Waals surface area contributed by atoms with Crippen molar-refractivity contribution in [2.75, 3.05) is 27.2 Å². The van der Waals surface area contributed by atoms with Gasteiger partial charge in [0.2, 0.25) is 5.09 Å². The molecule has 1 fully saturated rings. The molecule has 1 aliphatic rings. The van der Waals surface area contributed by atoms with Crippen molar-refractivity contribution in [3.63, 3.8) is 0 Å². The van der Waals surface area contributed by atoms with Gasteiger partial charge in [0.25, 0.3) is 10.0 Å². The van der Waals surface area contributed by atoms with Crippen LogP contribution < -0.4 is 5.73 Å². The zero-order valence-electron chi connectivity index (χ0n) is 11.5. The molecule has 2 N–H and O–H groups in total. The SMILES string of the molecule is CC1CN(S(=O)(=O)c2ccc(CN)o2)CC1N(C)C. The van der Waals surface area contributed by atoms with E-state index in [1.54, 1.807) is 6.07 Å². The van der Waals surface area contributed by atoms with Crippen molar-refractivity contribution in [2.24, 2.45) is 11.7 Å². The molecule has 2 heterocycles. The molecule has 0 bridgehead atoms. The van der Waals surface area contributed by atoms with Crippen molar-refractivity contribution in [2.45, 2.75) is 24.6 Å². The number of hydrogen-bond donors (Lipinski definition) is 1. The number of nitrogens with two attached hydrogens (primary N) is 1. The second-order valence-electron chi connectivity index (χ2n) is 5.26. The molecule has 0 aromatic carbocycles. The van der Waals surface area contributed by atoms with Gasteiger partial charge in [0.15, 0.2) is 0 Å². The van der Waals surface area contributed by atoms with Crippen molar-refractivity contribution < 1.29 is 12.8 Å². The number of rotatable bonds is 4. The van der Waals surface area contributed by atoms with E-state index in [2.05, 4.69) is 11.8 Å². The molecule has 2 atom stereocenters. The zero-order valence-corrected chi connectivity index (χ0v) is 12.4. The van der Waals surface area contributed by atoms with Crippen LogP contribution >= 0.6 is 0 Å². The molecule has 2 rings (SSSR count). The minimum atomic E-state index is -3.54. The maximum Gasteiger partial charge on any atom is 0.276 e. The van der Waals surface area contributed by atoms with Crippen molar-refractivity contribution >= 4 is 10.0 Å². The first-order valence-electron chi connectivity index (χ1n) is 6.31. The average Bonchev–Trinajstić information content (AvgIpc) is 2.95. The highest BCUT2D eigenvalue weighted by Gasteiger charge is 2.39. The van der Waals surface area contributed by atoms with Crippen LogP contribution in [-0.4, -0.2) is 50.8 Å². The highest BCUT2D eigenvalue weighted by molar-refractivity contribution is 7.89. The Morgan fingerprint density at radius 3 is 2.58 bits per heavy atom. The first-order chi connectivity index (χ1) is 8.86. The summed E-state index contributed by atoms with van der Waals surface area (Å²) in [6.07, 6.45) is 0. The summed E-state index contributed by atoms with van der Waals surface area (Å²) in [4.78, 5) is 2.06. The molecule has 1 saturated heterocycles. The molecule has 2 unspecified atom stereocenters. The quantitative estimate of drug-likeness (QED) is 0.862. The highest BCUT2D eigenvalue weighted by Crippen LogP contribution is 2.27. The van der Waals surface area contributed by atoms with E-state index in [9.17, 15) is 8.42 Å². The maximum absolute atomic E-state index is 12.5. The molecule has 1 aromatic rings. The monoisotopic (exact) mass is 287 g/mol. The van der Waals surface area contributed by atoms with Crippen LogP contribution in [0.2, 0.25) is 0 Å². The number of furan rings is 1. The van der Waals surface area contributed by atoms with Crippen LogP contribution in [0.5, 0.6) is 0 Å². The van der Waals surface area contributed by atoms with E-state index in [0.717, 1.165) is 0 Å². The van der Waals surface area contributed by atoms with Crippen molar-refractivity contribution in [3.05, 3.63) is 17.9 Å². The topological polar surface area (TPSA) is 79.8 Å². The zero-order chi connectivity index (χ0) is 14.2. The summed E-state index contributed by atoms with van der Waals surface area (Å²) in [6, 6.07) is 3.32. The summed E-state index contributed by atoms with van der Waals surface area (Å²) in [5.41, 5.74) is 5.43. The van der Waals surface area contributed by atoms with E-state index in [0.29, 0.717) is 24.8 Å². The van der Waals surface area contributed by atoms with E-state index in [4.69, 9.17) is 10.2 Å². The second-order valence-corrected chi connectivity index (χ2v) is 7.12. The lowest BCUT2D eigenvalue weighted by molar-refractivity contribution is 0.262. The van der Waals surface area contributed by atoms with Gasteiger partial charge >= 0.3 is 0 Å². The number of sulfonamides is 1. The molecule has 7 heteroatoms. The first-order valence-corrected chi connectivity index (χ1v) is 7.75. The average molecular weight is 287 g/mol. The smallest absolute Gasteiger partial charge is 0.276 e. The minimum absolute atomic E-state index is 0.0143. The lowest BCUT2D eigenvalue weighted by atomic mass is 10.1. The summed E-state index contributed by atoms with van der Waals surface area (Å²) in [5.74, 6) is 0.781. The molecule has 1 aromatic heterocycles. The first kappa shape index (κ1) is 14.5. The van der Waals surface area contributed by atoms with Crippen LogP contribution in [0.15, 0.2) is 21.6 Å². The molecule has 6 nitrogen and oxygen atoms in total. The third kappa shape index (κ3) is 2.69. The number of likely N-dealkylation sites (N-methyl/N-ethyl adjacent to an activating group) is 1. The van der Waals surface area contributed by atoms with Crippen LogP contribution in [0.4, 0.5) is 0 Å². The van der Waals surface area contributed by atoms with E-state index in [-0.39, 0.29) is 17.7 Å². The van der Waals surface area contributed by atoms with E-state index < -0.39 is 10.0 Å². The number of nitrogens with zero attached hydrogens (tertiary/aromatic N) is 2. The van der Waals surface area contributed by atoms with Gasteiger partial charge in [0.1, 0.15) is 5.76 Å². The third-order valence-corrected chi connectivity index (χ3v) is 5.34. The van der Waals surface area contributed by atoms with Crippen molar-refractivity contribution in [1.82, 2.24) is 9.21 Å². The van der Waals surface area contributed by atoms with Gasteiger partial charge in [-0.1, -0.05) is 6.92 Å². The summed E-state index contributed by atoms with van der Waals surface area (Å²) < 4.78 is 31.7. The van der Waals surface area contributed by atoms with Gasteiger partial charge < -0.3 is 15.1 Å². The summed E-state index contributed by atoms with van der Waals surface area (Å²) in [6.45, 7) is 3.28. The van der Waals surface area contributed by atoms with E-state index in [1.807, 2.05) is 14.1 Å². The van der Waals surface area contributed by atoms with E-state index in [1.165, 1.54) is 10.4 Å². The Hall–Kier alpha value is -0.890. The Balaban J connectivity index is 2.22. The van der Waals surface area contributed by atoms with Gasteiger partial charge in [-0.15, -0.1) is 0 Å². The largest absolute Gasteiger partial charge is 0.447 e. The molecule has 0 radical (unpaired) electrons. The molecule has 0 saturated carbocycles. The third-order valence-electron chi connectivity index (χ3n) is 3.63. The highest BCUT2D eigenvalue weighted by atomic mass is 32.2. The van der Waals surface area contributed by atoms with Crippen LogP contribution in [0, 0.1) is 5.92 Å². The standard InChI is InChI=1S/C12H21N3O3S/c1-9-7-15(8-11(9)14(2)3)19(16,17)12-5-4-10(6-13)18-12/h4-5,9,11H,6-8,13H2,1-3H3. The Morgan fingerprint density at radius 2 is 2.11 bits per heavy atom. The molecule has 19 heavy (non-hydrogen) atoms. The van der Waals surface area contributed by atoms with Gasteiger partial charge in [-0.05, 0) is 32.1 Å². The Labute approximate surface area is 114 Å². The molecule has 0 spiro atoms. The fourth-order valence-corrected chi connectivity index (χ4v) is 4.00. The Bertz CT molecular complexity index is 538. The maximum atomic E-state index is 12.5. The number of hydrogen-bond acceptors (Lipinski definition) is 5. The fraction of sp³-hybridized carbons (Fsp3) is 0.667.